The first kappa shape index (κ1) is 14.2. The number of benzene rings is 1. The Kier molecular flexibility index (Phi) is 3.50. The van der Waals surface area contributed by atoms with Crippen molar-refractivity contribution in [3.05, 3.63) is 99.2 Å². The second kappa shape index (κ2) is 5.67. The Balaban J connectivity index is 1.96. The topological polar surface area (TPSA) is 39.8 Å². The van der Waals surface area contributed by atoms with E-state index >= 15 is 0 Å². The Hall–Kier alpha value is -2.39. The fourth-order valence-corrected chi connectivity index (χ4v) is 3.56. The van der Waals surface area contributed by atoms with Crippen LogP contribution >= 0.6 is 11.6 Å². The van der Waals surface area contributed by atoms with Crippen molar-refractivity contribution in [2.24, 2.45) is 0 Å². The highest BCUT2D eigenvalue weighted by Gasteiger charge is 2.26. The zero-order valence-electron chi connectivity index (χ0n) is 12.4. The lowest BCUT2D eigenvalue weighted by molar-refractivity contribution is -0.605. The summed E-state index contributed by atoms with van der Waals surface area (Å²) < 4.78 is 0.808. The maximum atomic E-state index is 11.4. The average molecular weight is 323 g/mol. The third-order valence-corrected chi connectivity index (χ3v) is 4.68. The molecule has 0 amide bonds. The molecule has 0 saturated heterocycles. The molecule has 0 spiro atoms. The van der Waals surface area contributed by atoms with Crippen LogP contribution in [0.15, 0.2) is 61.1 Å². The summed E-state index contributed by atoms with van der Waals surface area (Å²) >= 11 is 6.20. The molecular formula is C19H15ClN2O. The number of rotatable bonds is 1. The van der Waals surface area contributed by atoms with Gasteiger partial charge in [-0.05, 0) is 53.3 Å². The van der Waals surface area contributed by atoms with Gasteiger partial charge in [0.15, 0.2) is 12.4 Å². The molecule has 114 valence electrons. The van der Waals surface area contributed by atoms with E-state index in [-0.39, 0.29) is 5.92 Å². The minimum absolute atomic E-state index is 0.0298. The first-order valence-electron chi connectivity index (χ1n) is 7.63. The van der Waals surface area contributed by atoms with Gasteiger partial charge in [-0.1, -0.05) is 23.7 Å². The summed E-state index contributed by atoms with van der Waals surface area (Å²) in [7, 11) is 0. The van der Waals surface area contributed by atoms with E-state index in [9.17, 15) is 5.21 Å². The van der Waals surface area contributed by atoms with Gasteiger partial charge in [-0.3, -0.25) is 4.98 Å². The van der Waals surface area contributed by atoms with Crippen LogP contribution in [-0.4, -0.2) is 4.98 Å². The van der Waals surface area contributed by atoms with E-state index in [2.05, 4.69) is 17.1 Å². The van der Waals surface area contributed by atoms with Crippen LogP contribution in [0.4, 0.5) is 0 Å². The van der Waals surface area contributed by atoms with Crippen LogP contribution in [0.2, 0.25) is 5.02 Å². The molecule has 1 unspecified atom stereocenters. The number of hydrogen-bond acceptors (Lipinski definition) is 2. The minimum Gasteiger partial charge on any atom is -0.619 e. The maximum Gasteiger partial charge on any atom is 0.180 e. The summed E-state index contributed by atoms with van der Waals surface area (Å²) in [6.07, 6.45) is 6.81. The van der Waals surface area contributed by atoms with Gasteiger partial charge in [-0.25, -0.2) is 0 Å². The highest BCUT2D eigenvalue weighted by molar-refractivity contribution is 6.30. The summed E-state index contributed by atoms with van der Waals surface area (Å²) in [5.41, 5.74) is 5.86. The molecule has 0 aliphatic heterocycles. The lowest BCUT2D eigenvalue weighted by Gasteiger charge is -2.19. The molecule has 0 bridgehead atoms. The highest BCUT2D eigenvalue weighted by atomic mass is 35.5. The molecule has 2 aromatic heterocycles. The molecule has 1 aliphatic carbocycles. The van der Waals surface area contributed by atoms with E-state index in [0.29, 0.717) is 0 Å². The normalized spacial score (nSPS) is 16.3. The van der Waals surface area contributed by atoms with Gasteiger partial charge in [0.1, 0.15) is 0 Å². The van der Waals surface area contributed by atoms with Gasteiger partial charge in [-0.2, -0.15) is 4.73 Å². The van der Waals surface area contributed by atoms with Crippen LogP contribution in [-0.2, 0) is 12.8 Å². The van der Waals surface area contributed by atoms with Crippen molar-refractivity contribution in [2.45, 2.75) is 18.8 Å². The molecule has 0 saturated carbocycles. The van der Waals surface area contributed by atoms with Crippen molar-refractivity contribution >= 4 is 11.6 Å². The fourth-order valence-electron chi connectivity index (χ4n) is 3.37. The van der Waals surface area contributed by atoms with Gasteiger partial charge in [0, 0.05) is 23.4 Å². The summed E-state index contributed by atoms with van der Waals surface area (Å²) in [4.78, 5) is 4.66. The Labute approximate surface area is 139 Å². The first-order chi connectivity index (χ1) is 11.2. The predicted octanol–water partition coefficient (Wildman–Crippen LogP) is 3.65. The summed E-state index contributed by atoms with van der Waals surface area (Å²) in [5, 5.41) is 12.1. The first-order valence-corrected chi connectivity index (χ1v) is 8.01. The summed E-state index contributed by atoms with van der Waals surface area (Å²) in [6.45, 7) is 0. The smallest absolute Gasteiger partial charge is 0.180 e. The quantitative estimate of drug-likeness (QED) is 0.507. The Morgan fingerprint density at radius 1 is 1.04 bits per heavy atom. The van der Waals surface area contributed by atoms with E-state index in [1.165, 1.54) is 16.7 Å². The van der Waals surface area contributed by atoms with Crippen molar-refractivity contribution in [3.63, 3.8) is 0 Å². The third-order valence-electron chi connectivity index (χ3n) is 4.44. The molecule has 0 N–H and O–H groups in total. The molecule has 3 aromatic rings. The standard InChI is InChI=1S/C19H15ClN2O/c20-16-5-6-17-15(12-16)4-3-14-2-1-9-21-19(14)18(17)13-7-10-22(23)11-8-13/h1-2,5-12,18H,3-4H2. The monoisotopic (exact) mass is 322 g/mol. The lowest BCUT2D eigenvalue weighted by Crippen LogP contribution is -2.24. The number of pyridine rings is 2. The van der Waals surface area contributed by atoms with Gasteiger partial charge in [0.2, 0.25) is 0 Å². The molecule has 4 heteroatoms. The van der Waals surface area contributed by atoms with Crippen LogP contribution in [0.3, 0.4) is 0 Å². The van der Waals surface area contributed by atoms with E-state index in [4.69, 9.17) is 11.6 Å². The van der Waals surface area contributed by atoms with Crippen LogP contribution in [0.25, 0.3) is 0 Å². The molecule has 3 nitrogen and oxygen atoms in total. The number of fused-ring (bicyclic) bond motifs is 2. The minimum atomic E-state index is 0.0298. The van der Waals surface area contributed by atoms with Crippen molar-refractivity contribution in [1.29, 1.82) is 0 Å². The van der Waals surface area contributed by atoms with Crippen LogP contribution in [0.5, 0.6) is 0 Å². The van der Waals surface area contributed by atoms with Crippen molar-refractivity contribution in [1.82, 2.24) is 4.98 Å². The SMILES string of the molecule is [O-][n+]1ccc(C2c3ccc(Cl)cc3CCc3cccnc32)cc1. The third kappa shape index (κ3) is 2.57. The van der Waals surface area contributed by atoms with Gasteiger partial charge < -0.3 is 5.21 Å². The molecule has 1 aliphatic rings. The predicted molar refractivity (Wildman–Crippen MR) is 89.4 cm³/mol. The number of hydrogen-bond donors (Lipinski definition) is 0. The second-order valence-electron chi connectivity index (χ2n) is 5.82. The Bertz CT molecular complexity index is 861. The van der Waals surface area contributed by atoms with Gasteiger partial charge >= 0.3 is 0 Å². The maximum absolute atomic E-state index is 11.4. The Morgan fingerprint density at radius 2 is 1.83 bits per heavy atom. The summed E-state index contributed by atoms with van der Waals surface area (Å²) in [5.74, 6) is 0.0298. The molecular weight excluding hydrogens is 308 g/mol. The van der Waals surface area contributed by atoms with Gasteiger partial charge in [0.05, 0.1) is 11.6 Å². The fraction of sp³-hybridized carbons (Fsp3) is 0.158. The largest absolute Gasteiger partial charge is 0.619 e. The van der Waals surface area contributed by atoms with Crippen LogP contribution in [0.1, 0.15) is 33.9 Å². The number of aromatic nitrogens is 2. The highest BCUT2D eigenvalue weighted by Crippen LogP contribution is 2.38. The van der Waals surface area contributed by atoms with Crippen LogP contribution < -0.4 is 4.73 Å². The lowest BCUT2D eigenvalue weighted by atomic mass is 9.86. The number of aryl methyl sites for hydroxylation is 2. The summed E-state index contributed by atoms with van der Waals surface area (Å²) in [6, 6.07) is 13.9. The number of nitrogens with zero attached hydrogens (tertiary/aromatic N) is 2. The zero-order valence-corrected chi connectivity index (χ0v) is 13.2. The molecule has 0 radical (unpaired) electrons. The van der Waals surface area contributed by atoms with E-state index in [1.54, 1.807) is 12.4 Å². The van der Waals surface area contributed by atoms with Crippen LogP contribution in [0, 0.1) is 5.21 Å². The molecule has 2 heterocycles. The molecule has 1 aromatic carbocycles. The average Bonchev–Trinajstić information content (AvgIpc) is 2.72. The van der Waals surface area contributed by atoms with E-state index in [0.717, 1.165) is 33.9 Å². The van der Waals surface area contributed by atoms with Crippen molar-refractivity contribution < 1.29 is 4.73 Å². The van der Waals surface area contributed by atoms with E-state index < -0.39 is 0 Å². The van der Waals surface area contributed by atoms with Crippen molar-refractivity contribution in [2.75, 3.05) is 0 Å². The van der Waals surface area contributed by atoms with Crippen molar-refractivity contribution in [3.8, 4) is 0 Å². The second-order valence-corrected chi connectivity index (χ2v) is 6.25. The molecule has 4 rings (SSSR count). The van der Waals surface area contributed by atoms with Gasteiger partial charge in [0.25, 0.3) is 0 Å². The van der Waals surface area contributed by atoms with Gasteiger partial charge in [-0.15, -0.1) is 0 Å². The van der Waals surface area contributed by atoms with E-state index in [1.807, 2.05) is 36.5 Å². The molecule has 1 atom stereocenters. The zero-order chi connectivity index (χ0) is 15.8. The molecule has 0 fully saturated rings. The molecule has 23 heavy (non-hydrogen) atoms. The number of halogens is 1. The Morgan fingerprint density at radius 3 is 2.65 bits per heavy atom.